The van der Waals surface area contributed by atoms with E-state index in [1.54, 1.807) is 13.1 Å². The summed E-state index contributed by atoms with van der Waals surface area (Å²) in [7, 11) is 0. The van der Waals surface area contributed by atoms with E-state index in [1.807, 2.05) is 29.2 Å². The van der Waals surface area contributed by atoms with Crippen molar-refractivity contribution >= 4 is 5.69 Å². The molecule has 1 aliphatic heterocycles. The molecule has 0 saturated carbocycles. The number of nitrogens with one attached hydrogen (secondary N) is 1. The summed E-state index contributed by atoms with van der Waals surface area (Å²) in [5.41, 5.74) is 3.51. The largest absolute Gasteiger partial charge is 0.394 e. The lowest BCUT2D eigenvalue weighted by Crippen LogP contribution is -2.27. The summed E-state index contributed by atoms with van der Waals surface area (Å²) >= 11 is 0. The molecule has 5 heteroatoms. The van der Waals surface area contributed by atoms with Crippen LogP contribution in [0.5, 0.6) is 0 Å². The molecule has 1 aromatic heterocycles. The number of hydrogen-bond donors (Lipinski definition) is 2. The quantitative estimate of drug-likeness (QED) is 0.846. The summed E-state index contributed by atoms with van der Waals surface area (Å²) in [6.07, 6.45) is 1.64. The first-order valence-electron chi connectivity index (χ1n) is 6.22. The molecule has 0 saturated heterocycles. The van der Waals surface area contributed by atoms with Crippen molar-refractivity contribution in [2.45, 2.75) is 19.5 Å². The summed E-state index contributed by atoms with van der Waals surface area (Å²) in [6, 6.07) is 7.91. The molecule has 0 spiro atoms. The van der Waals surface area contributed by atoms with Gasteiger partial charge in [-0.3, -0.25) is 4.79 Å². The lowest BCUT2D eigenvalue weighted by molar-refractivity contribution is 0.265. The van der Waals surface area contributed by atoms with Crippen LogP contribution in [0.3, 0.4) is 0 Å². The van der Waals surface area contributed by atoms with Crippen LogP contribution >= 0.6 is 0 Å². The highest BCUT2D eigenvalue weighted by Gasteiger charge is 2.30. The average Bonchev–Trinajstić information content (AvgIpc) is 2.80. The number of nitrogens with zero attached hydrogens (tertiary/aromatic N) is 2. The van der Waals surface area contributed by atoms with E-state index in [4.69, 9.17) is 0 Å². The van der Waals surface area contributed by atoms with Crippen LogP contribution in [0.15, 0.2) is 35.3 Å². The van der Waals surface area contributed by atoms with Gasteiger partial charge < -0.3 is 10.0 Å². The minimum absolute atomic E-state index is 0.0171. The van der Waals surface area contributed by atoms with Crippen LogP contribution in [0.4, 0.5) is 5.69 Å². The van der Waals surface area contributed by atoms with Crippen molar-refractivity contribution in [1.29, 1.82) is 0 Å². The first-order valence-corrected chi connectivity index (χ1v) is 6.22. The number of H-pyrrole nitrogens is 1. The third-order valence-corrected chi connectivity index (χ3v) is 3.69. The lowest BCUT2D eigenvalue weighted by Gasteiger charge is -2.26. The molecule has 3 rings (SSSR count). The minimum atomic E-state index is -0.190. The van der Waals surface area contributed by atoms with E-state index in [2.05, 4.69) is 10.2 Å². The Hall–Kier alpha value is -2.14. The fourth-order valence-corrected chi connectivity index (χ4v) is 2.65. The number of fused-ring (bicyclic) bond motifs is 1. The van der Waals surface area contributed by atoms with Gasteiger partial charge in [0.1, 0.15) is 0 Å². The molecule has 0 bridgehead atoms. The molecule has 0 amide bonds. The Labute approximate surface area is 110 Å². The van der Waals surface area contributed by atoms with E-state index in [9.17, 15) is 9.90 Å². The van der Waals surface area contributed by atoms with E-state index < -0.39 is 0 Å². The van der Waals surface area contributed by atoms with Gasteiger partial charge in [-0.05, 0) is 18.1 Å². The van der Waals surface area contributed by atoms with Crippen molar-refractivity contribution in [2.24, 2.45) is 0 Å². The van der Waals surface area contributed by atoms with Crippen molar-refractivity contribution in [3.63, 3.8) is 0 Å². The van der Waals surface area contributed by atoms with Gasteiger partial charge in [-0.2, -0.15) is 5.10 Å². The number of aromatic nitrogens is 2. The second kappa shape index (κ2) is 4.51. The zero-order valence-corrected chi connectivity index (χ0v) is 10.6. The van der Waals surface area contributed by atoms with Gasteiger partial charge >= 0.3 is 0 Å². The number of benzene rings is 1. The van der Waals surface area contributed by atoms with Crippen molar-refractivity contribution in [3.8, 4) is 0 Å². The van der Waals surface area contributed by atoms with Crippen LogP contribution in [0.25, 0.3) is 0 Å². The predicted molar refractivity (Wildman–Crippen MR) is 72.0 cm³/mol. The molecule has 0 unspecified atom stereocenters. The molecule has 0 fully saturated rings. The first kappa shape index (κ1) is 11.9. The van der Waals surface area contributed by atoms with Crippen LogP contribution in [0, 0.1) is 6.92 Å². The van der Waals surface area contributed by atoms with E-state index in [1.165, 1.54) is 5.56 Å². The Kier molecular flexibility index (Phi) is 2.83. The number of anilines is 1. The maximum absolute atomic E-state index is 11.7. The molecule has 2 heterocycles. The van der Waals surface area contributed by atoms with Gasteiger partial charge in [0, 0.05) is 12.1 Å². The zero-order valence-electron chi connectivity index (χ0n) is 10.6. The number of aliphatic hydroxyl groups excluding tert-OH is 1. The van der Waals surface area contributed by atoms with Crippen molar-refractivity contribution in [3.05, 3.63) is 57.5 Å². The van der Waals surface area contributed by atoms with Gasteiger partial charge in [-0.1, -0.05) is 24.3 Å². The standard InChI is InChI=1S/C14H15N3O2/c1-9-12(6-15-16-14(9)19)17-7-10-4-2-3-5-11(10)13(17)8-18/h2-6,13,18H,7-8H2,1H3,(H,16,19)/t13-/m1/s1. The van der Waals surface area contributed by atoms with Crippen molar-refractivity contribution < 1.29 is 5.11 Å². The van der Waals surface area contributed by atoms with Crippen molar-refractivity contribution in [2.75, 3.05) is 11.5 Å². The number of hydrogen-bond acceptors (Lipinski definition) is 4. The summed E-state index contributed by atoms with van der Waals surface area (Å²) in [5, 5.41) is 15.9. The molecular formula is C14H15N3O2. The maximum atomic E-state index is 11.7. The van der Waals surface area contributed by atoms with Crippen LogP contribution in [0.2, 0.25) is 0 Å². The van der Waals surface area contributed by atoms with Gasteiger partial charge in [-0.15, -0.1) is 0 Å². The molecule has 1 aliphatic rings. The van der Waals surface area contributed by atoms with E-state index in [0.29, 0.717) is 12.1 Å². The Bertz CT molecular complexity index is 666. The normalized spacial score (nSPS) is 17.6. The third kappa shape index (κ3) is 1.82. The molecule has 5 nitrogen and oxygen atoms in total. The Balaban J connectivity index is 2.08. The van der Waals surface area contributed by atoms with Crippen LogP contribution in [-0.4, -0.2) is 21.9 Å². The van der Waals surface area contributed by atoms with Gasteiger partial charge in [-0.25, -0.2) is 5.10 Å². The molecule has 2 N–H and O–H groups in total. The van der Waals surface area contributed by atoms with Crippen molar-refractivity contribution in [1.82, 2.24) is 10.2 Å². The van der Waals surface area contributed by atoms with E-state index in [0.717, 1.165) is 11.3 Å². The molecule has 2 aromatic rings. The SMILES string of the molecule is Cc1c(N2Cc3ccccc3[C@H]2CO)cn[nH]c1=O. The summed E-state index contributed by atoms with van der Waals surface area (Å²) in [6.45, 7) is 2.48. The van der Waals surface area contributed by atoms with Gasteiger partial charge in [0.15, 0.2) is 0 Å². The fraction of sp³-hybridized carbons (Fsp3) is 0.286. The summed E-state index contributed by atoms with van der Waals surface area (Å²) in [5.74, 6) is 0. The third-order valence-electron chi connectivity index (χ3n) is 3.69. The predicted octanol–water partition coefficient (Wildman–Crippen LogP) is 1.13. The molecular weight excluding hydrogens is 242 g/mol. The highest BCUT2D eigenvalue weighted by Crippen LogP contribution is 2.37. The van der Waals surface area contributed by atoms with Gasteiger partial charge in [0.2, 0.25) is 0 Å². The fourth-order valence-electron chi connectivity index (χ4n) is 2.65. The lowest BCUT2D eigenvalue weighted by atomic mass is 10.1. The first-order chi connectivity index (χ1) is 9.22. The molecule has 19 heavy (non-hydrogen) atoms. The maximum Gasteiger partial charge on any atom is 0.269 e. The molecule has 98 valence electrons. The molecule has 1 aromatic carbocycles. The molecule has 1 atom stereocenters. The van der Waals surface area contributed by atoms with Gasteiger partial charge in [0.05, 0.1) is 24.5 Å². The van der Waals surface area contributed by atoms with Crippen LogP contribution in [0.1, 0.15) is 22.7 Å². The summed E-state index contributed by atoms with van der Waals surface area (Å²) < 4.78 is 0. The molecule has 0 radical (unpaired) electrons. The zero-order chi connectivity index (χ0) is 13.4. The Morgan fingerprint density at radius 2 is 2.26 bits per heavy atom. The second-order valence-corrected chi connectivity index (χ2v) is 4.73. The van der Waals surface area contributed by atoms with E-state index >= 15 is 0 Å². The highest BCUT2D eigenvalue weighted by molar-refractivity contribution is 5.57. The van der Waals surface area contributed by atoms with E-state index in [-0.39, 0.29) is 18.2 Å². The molecule has 0 aliphatic carbocycles. The topological polar surface area (TPSA) is 69.2 Å². The monoisotopic (exact) mass is 257 g/mol. The number of aliphatic hydroxyl groups is 1. The highest BCUT2D eigenvalue weighted by atomic mass is 16.3. The van der Waals surface area contributed by atoms with Gasteiger partial charge in [0.25, 0.3) is 5.56 Å². The van der Waals surface area contributed by atoms with Crippen LogP contribution in [-0.2, 0) is 6.54 Å². The second-order valence-electron chi connectivity index (χ2n) is 4.73. The smallest absolute Gasteiger partial charge is 0.269 e. The Morgan fingerprint density at radius 1 is 1.47 bits per heavy atom. The Morgan fingerprint density at radius 3 is 3.05 bits per heavy atom. The minimum Gasteiger partial charge on any atom is -0.394 e. The average molecular weight is 257 g/mol. The summed E-state index contributed by atoms with van der Waals surface area (Å²) in [4.78, 5) is 13.7. The number of aromatic amines is 1. The van der Waals surface area contributed by atoms with Crippen LogP contribution < -0.4 is 10.5 Å². The number of rotatable bonds is 2.